The number of carbonyl (C=O) groups is 2. The first-order chi connectivity index (χ1) is 19.0. The number of aromatic nitrogens is 3. The minimum absolute atomic E-state index is 0.00165. The Bertz CT molecular complexity index is 1220. The van der Waals surface area contributed by atoms with E-state index in [1.807, 2.05) is 29.2 Å². The van der Waals surface area contributed by atoms with E-state index in [1.54, 1.807) is 36.3 Å². The Balaban J connectivity index is 1.16. The number of hydrogen-bond acceptors (Lipinski definition) is 7. The summed E-state index contributed by atoms with van der Waals surface area (Å²) in [5, 5.41) is 14.5. The maximum Gasteiger partial charge on any atom is 0.251 e. The Hall–Kier alpha value is -3.76. The molecule has 2 aromatic carbocycles. The van der Waals surface area contributed by atoms with Crippen LogP contribution in [-0.4, -0.2) is 95.6 Å². The number of rotatable bonds is 11. The van der Waals surface area contributed by atoms with Gasteiger partial charge in [0, 0.05) is 43.7 Å². The molecule has 2 fully saturated rings. The number of benzene rings is 2. The lowest BCUT2D eigenvalue weighted by molar-refractivity contribution is -0.135. The molecule has 0 radical (unpaired) electrons. The van der Waals surface area contributed by atoms with E-state index in [9.17, 15) is 9.59 Å². The van der Waals surface area contributed by atoms with E-state index in [4.69, 9.17) is 4.74 Å². The molecule has 3 aromatic rings. The van der Waals surface area contributed by atoms with Gasteiger partial charge in [0.2, 0.25) is 5.91 Å². The van der Waals surface area contributed by atoms with Gasteiger partial charge in [-0.15, -0.1) is 5.10 Å². The molecule has 1 aromatic heterocycles. The molecule has 2 aliphatic rings. The van der Waals surface area contributed by atoms with Gasteiger partial charge in [0.1, 0.15) is 11.8 Å². The van der Waals surface area contributed by atoms with Crippen LogP contribution in [0.1, 0.15) is 41.1 Å². The second-order valence-corrected chi connectivity index (χ2v) is 10.4. The van der Waals surface area contributed by atoms with Crippen LogP contribution in [-0.2, 0) is 4.79 Å². The lowest BCUT2D eigenvalue weighted by Crippen LogP contribution is -2.54. The quantitative estimate of drug-likeness (QED) is 0.365. The average Bonchev–Trinajstić information content (AvgIpc) is 3.53. The third-order valence-corrected chi connectivity index (χ3v) is 7.65. The summed E-state index contributed by atoms with van der Waals surface area (Å²) in [5.74, 6) is 1.13. The van der Waals surface area contributed by atoms with Crippen molar-refractivity contribution in [3.63, 3.8) is 0 Å². The summed E-state index contributed by atoms with van der Waals surface area (Å²) in [4.78, 5) is 30.7. The molecule has 2 N–H and O–H groups in total. The van der Waals surface area contributed by atoms with Gasteiger partial charge in [0.15, 0.2) is 0 Å². The maximum absolute atomic E-state index is 13.5. The van der Waals surface area contributed by atoms with Gasteiger partial charge in [-0.05, 0) is 74.8 Å². The van der Waals surface area contributed by atoms with Crippen molar-refractivity contribution in [2.24, 2.45) is 0 Å². The normalized spacial score (nSPS) is 19.9. The number of nitrogens with one attached hydrogen (secondary N) is 2. The largest absolute Gasteiger partial charge is 0.497 e. The van der Waals surface area contributed by atoms with Crippen LogP contribution in [0.3, 0.4) is 0 Å². The molecule has 1 aliphatic carbocycles. The molecule has 1 saturated heterocycles. The van der Waals surface area contributed by atoms with Gasteiger partial charge in [-0.3, -0.25) is 9.59 Å². The highest BCUT2D eigenvalue weighted by Crippen LogP contribution is 2.41. The van der Waals surface area contributed by atoms with Crippen molar-refractivity contribution in [2.45, 2.75) is 37.3 Å². The van der Waals surface area contributed by atoms with Gasteiger partial charge in [-0.1, -0.05) is 17.3 Å². The molecule has 2 amide bonds. The highest BCUT2D eigenvalue weighted by Gasteiger charge is 2.37. The topological polar surface area (TPSA) is 105 Å². The number of hydrogen-bond donors (Lipinski definition) is 2. The number of likely N-dealkylation sites (N-methyl/N-ethyl adjacent to an activating group) is 1. The monoisotopic (exact) mass is 531 g/mol. The van der Waals surface area contributed by atoms with Crippen molar-refractivity contribution >= 4 is 11.8 Å². The summed E-state index contributed by atoms with van der Waals surface area (Å²) in [6.07, 6.45) is 5.83. The summed E-state index contributed by atoms with van der Waals surface area (Å²) in [6.45, 7) is 3.83. The zero-order valence-electron chi connectivity index (χ0n) is 22.6. The third-order valence-electron chi connectivity index (χ3n) is 7.65. The van der Waals surface area contributed by atoms with Gasteiger partial charge >= 0.3 is 0 Å². The predicted octanol–water partition coefficient (Wildman–Crippen LogP) is 2.07. The van der Waals surface area contributed by atoms with E-state index in [2.05, 4.69) is 45.0 Å². The van der Waals surface area contributed by atoms with Gasteiger partial charge < -0.3 is 25.2 Å². The van der Waals surface area contributed by atoms with Crippen molar-refractivity contribution < 1.29 is 14.3 Å². The Morgan fingerprint density at radius 1 is 1.05 bits per heavy atom. The van der Waals surface area contributed by atoms with Crippen LogP contribution in [0.2, 0.25) is 0 Å². The molecule has 5 rings (SSSR count). The first kappa shape index (κ1) is 26.8. The van der Waals surface area contributed by atoms with E-state index < -0.39 is 6.04 Å². The molecular formula is C29H37N7O3. The SMILES string of the molecule is COc1ccc([C@@H]2C[C@H]2NCCC[C@H](NC(=O)c2ccc(-n3ccnn3)cc2)C(=O)N2CCN(C)CC2)cc1. The van der Waals surface area contributed by atoms with Crippen LogP contribution in [0.25, 0.3) is 5.69 Å². The molecule has 206 valence electrons. The zero-order valence-corrected chi connectivity index (χ0v) is 22.6. The minimum Gasteiger partial charge on any atom is -0.497 e. The van der Waals surface area contributed by atoms with Crippen molar-refractivity contribution in [3.8, 4) is 11.4 Å². The standard InChI is InChI=1S/C29H37N7O3/c1-34-16-18-35(19-17-34)29(38)26(32-28(37)22-5-9-23(10-6-22)36-15-14-31-33-36)4-3-13-30-27-20-25(27)21-7-11-24(39-2)12-8-21/h5-12,14-15,25-27,30H,3-4,13,16-20H2,1-2H3,(H,32,37)/t25-,26-,27+/m0/s1. The summed E-state index contributed by atoms with van der Waals surface area (Å²) < 4.78 is 6.89. The molecule has 1 aliphatic heterocycles. The molecule has 1 saturated carbocycles. The van der Waals surface area contributed by atoms with E-state index in [-0.39, 0.29) is 11.8 Å². The highest BCUT2D eigenvalue weighted by atomic mass is 16.5. The number of methoxy groups -OCH3 is 1. The van der Waals surface area contributed by atoms with Crippen molar-refractivity contribution in [1.29, 1.82) is 0 Å². The number of ether oxygens (including phenoxy) is 1. The molecule has 0 bridgehead atoms. The fraction of sp³-hybridized carbons (Fsp3) is 0.448. The first-order valence-electron chi connectivity index (χ1n) is 13.6. The van der Waals surface area contributed by atoms with Crippen LogP contribution in [0.5, 0.6) is 5.75 Å². The van der Waals surface area contributed by atoms with Gasteiger partial charge in [-0.2, -0.15) is 0 Å². The molecule has 0 spiro atoms. The van der Waals surface area contributed by atoms with E-state index in [0.717, 1.165) is 43.9 Å². The molecule has 3 atom stereocenters. The Kier molecular flexibility index (Phi) is 8.53. The van der Waals surface area contributed by atoms with Crippen molar-refractivity contribution in [3.05, 3.63) is 72.1 Å². The van der Waals surface area contributed by atoms with Crippen LogP contribution < -0.4 is 15.4 Å². The average molecular weight is 532 g/mol. The fourth-order valence-electron chi connectivity index (χ4n) is 5.09. The smallest absolute Gasteiger partial charge is 0.251 e. The van der Waals surface area contributed by atoms with Crippen LogP contribution >= 0.6 is 0 Å². The first-order valence-corrected chi connectivity index (χ1v) is 13.6. The van der Waals surface area contributed by atoms with Gasteiger partial charge in [-0.25, -0.2) is 4.68 Å². The van der Waals surface area contributed by atoms with Crippen molar-refractivity contribution in [1.82, 2.24) is 35.4 Å². The Morgan fingerprint density at radius 3 is 2.46 bits per heavy atom. The molecule has 39 heavy (non-hydrogen) atoms. The lowest BCUT2D eigenvalue weighted by Gasteiger charge is -2.34. The Morgan fingerprint density at radius 2 is 1.79 bits per heavy atom. The second kappa shape index (κ2) is 12.4. The maximum atomic E-state index is 13.5. The highest BCUT2D eigenvalue weighted by molar-refractivity contribution is 5.97. The van der Waals surface area contributed by atoms with E-state index in [1.165, 1.54) is 5.56 Å². The summed E-state index contributed by atoms with van der Waals surface area (Å²) >= 11 is 0. The number of nitrogens with zero attached hydrogens (tertiary/aromatic N) is 5. The van der Waals surface area contributed by atoms with Crippen LogP contribution in [0, 0.1) is 0 Å². The lowest BCUT2D eigenvalue weighted by atomic mass is 10.1. The number of amides is 2. The predicted molar refractivity (Wildman–Crippen MR) is 148 cm³/mol. The zero-order chi connectivity index (χ0) is 27.2. The molecule has 10 nitrogen and oxygen atoms in total. The van der Waals surface area contributed by atoms with E-state index >= 15 is 0 Å². The molecule has 2 heterocycles. The molecule has 10 heteroatoms. The molecular weight excluding hydrogens is 494 g/mol. The number of piperazine rings is 1. The van der Waals surface area contributed by atoms with Gasteiger partial charge in [0.25, 0.3) is 5.91 Å². The summed E-state index contributed by atoms with van der Waals surface area (Å²) in [6, 6.07) is 15.3. The fourth-order valence-corrected chi connectivity index (χ4v) is 5.09. The van der Waals surface area contributed by atoms with Crippen LogP contribution in [0.15, 0.2) is 60.9 Å². The minimum atomic E-state index is -0.561. The Labute approximate surface area is 229 Å². The summed E-state index contributed by atoms with van der Waals surface area (Å²) in [7, 11) is 3.74. The third kappa shape index (κ3) is 6.82. The van der Waals surface area contributed by atoms with E-state index in [0.29, 0.717) is 37.0 Å². The molecule has 0 unspecified atom stereocenters. The second-order valence-electron chi connectivity index (χ2n) is 10.4. The van der Waals surface area contributed by atoms with Crippen LogP contribution in [0.4, 0.5) is 0 Å². The van der Waals surface area contributed by atoms with Crippen molar-refractivity contribution in [2.75, 3.05) is 46.9 Å². The summed E-state index contributed by atoms with van der Waals surface area (Å²) in [5.41, 5.74) is 2.64. The van der Waals surface area contributed by atoms with Gasteiger partial charge in [0.05, 0.1) is 25.2 Å². The number of carbonyl (C=O) groups excluding carboxylic acids is 2.